The van der Waals surface area contributed by atoms with Crippen LogP contribution in [0.15, 0.2) is 78.1 Å². The van der Waals surface area contributed by atoms with Crippen molar-refractivity contribution in [2.75, 3.05) is 0 Å². The maximum atomic E-state index is 13.0. The van der Waals surface area contributed by atoms with Crippen LogP contribution in [0.1, 0.15) is 56.6 Å². The standard InChI is InChI=1S/C29H32N4O2.C2HF3O2/c1-2-24(34)14-7-4-8-16-26(29-31-20-27(33-29)22-11-5-3-6-12-22)32-28(35)18-21-17-23-13-9-10-15-25(23)30-19-21;3-2(4,5)1(6)7/h3,5-6,9-13,15,17,19-20,26H,2,4,7-8,14,16,18H2,1H3,(H,31,33)(H,32,35);(H,6,7)/t26-;/m0./s1. The van der Waals surface area contributed by atoms with Gasteiger partial charge < -0.3 is 15.2 Å². The van der Waals surface area contributed by atoms with Crippen molar-refractivity contribution in [1.82, 2.24) is 10.3 Å². The molecule has 8 nitrogen and oxygen atoms in total. The summed E-state index contributed by atoms with van der Waals surface area (Å²) in [5, 5.41) is 15.1. The van der Waals surface area contributed by atoms with E-state index in [0.29, 0.717) is 18.6 Å². The zero-order valence-corrected chi connectivity index (χ0v) is 23.2. The van der Waals surface area contributed by atoms with E-state index in [2.05, 4.69) is 32.7 Å². The van der Waals surface area contributed by atoms with Crippen LogP contribution in [0, 0.1) is 0 Å². The van der Waals surface area contributed by atoms with E-state index in [9.17, 15) is 22.8 Å². The minimum Gasteiger partial charge on any atom is -0.542 e. The Morgan fingerprint density at radius 2 is 1.69 bits per heavy atom. The number of rotatable bonds is 12. The molecule has 222 valence electrons. The SMILES string of the molecule is CCC(=O)CCCCC[C@H](NC(=O)Cc1cnc2ccccc2c1)C1=NC=C(c2ccccc2)[NH2+]1.O=C([O-])C(F)(F)F. The molecular weight excluding hydrogens is 549 g/mol. The largest absolute Gasteiger partial charge is 0.542 e. The number of carbonyl (C=O) groups is 3. The molecule has 42 heavy (non-hydrogen) atoms. The van der Waals surface area contributed by atoms with E-state index in [0.717, 1.165) is 59.2 Å². The second-order valence-corrected chi connectivity index (χ2v) is 9.76. The fraction of sp³-hybridized carbons (Fsp3) is 0.323. The Balaban J connectivity index is 0.000000616. The first-order chi connectivity index (χ1) is 20.1. The molecule has 2 heterocycles. The number of aromatic nitrogens is 1. The van der Waals surface area contributed by atoms with Crippen LogP contribution in [0.2, 0.25) is 0 Å². The van der Waals surface area contributed by atoms with Gasteiger partial charge in [0.15, 0.2) is 5.70 Å². The zero-order valence-electron chi connectivity index (χ0n) is 23.2. The monoisotopic (exact) mass is 582 g/mol. The van der Waals surface area contributed by atoms with Gasteiger partial charge >= 0.3 is 6.18 Å². The zero-order chi connectivity index (χ0) is 30.5. The van der Waals surface area contributed by atoms with Gasteiger partial charge in [0, 0.05) is 30.0 Å². The number of hydrogen-bond donors (Lipinski definition) is 2. The number of para-hydroxylation sites is 1. The molecule has 0 saturated heterocycles. The lowest BCUT2D eigenvalue weighted by molar-refractivity contribution is -0.434. The van der Waals surface area contributed by atoms with Crippen molar-refractivity contribution in [1.29, 1.82) is 0 Å². The minimum absolute atomic E-state index is 0.0440. The van der Waals surface area contributed by atoms with Crippen LogP contribution in [0.25, 0.3) is 16.6 Å². The third-order valence-corrected chi connectivity index (χ3v) is 6.54. The lowest BCUT2D eigenvalue weighted by Crippen LogP contribution is -2.87. The Hall–Kier alpha value is -4.38. The summed E-state index contributed by atoms with van der Waals surface area (Å²) < 4.78 is 31.5. The molecule has 0 radical (unpaired) electrons. The summed E-state index contributed by atoms with van der Waals surface area (Å²) in [6.07, 6.45) is 3.51. The van der Waals surface area contributed by atoms with Gasteiger partial charge in [-0.25, -0.2) is 4.99 Å². The highest BCUT2D eigenvalue weighted by molar-refractivity contribution is 5.91. The molecule has 0 saturated carbocycles. The highest BCUT2D eigenvalue weighted by atomic mass is 19.4. The molecule has 3 aromatic rings. The molecule has 1 atom stereocenters. The number of unbranched alkanes of at least 4 members (excludes halogenated alkanes) is 2. The molecule has 1 aliphatic heterocycles. The Bertz CT molecular complexity index is 1440. The van der Waals surface area contributed by atoms with Crippen LogP contribution < -0.4 is 15.7 Å². The number of alkyl halides is 3. The quantitative estimate of drug-likeness (QED) is 0.316. The molecule has 1 aromatic heterocycles. The van der Waals surface area contributed by atoms with Gasteiger partial charge in [-0.3, -0.25) is 19.9 Å². The molecule has 1 aliphatic rings. The number of aliphatic imine (C=N–C) groups is 1. The molecule has 1 amide bonds. The molecule has 0 bridgehead atoms. The molecule has 11 heteroatoms. The van der Waals surface area contributed by atoms with Gasteiger partial charge in [-0.2, -0.15) is 13.2 Å². The number of nitrogens with two attached hydrogens (primary N) is 1. The number of amides is 1. The van der Waals surface area contributed by atoms with Crippen molar-refractivity contribution in [2.45, 2.75) is 64.1 Å². The Kier molecular flexibility index (Phi) is 11.9. The Morgan fingerprint density at radius 3 is 2.38 bits per heavy atom. The number of carboxylic acid groups (broad SMARTS) is 1. The lowest BCUT2D eigenvalue weighted by Gasteiger charge is -2.17. The first kappa shape index (κ1) is 32.1. The summed E-state index contributed by atoms with van der Waals surface area (Å²) in [4.78, 5) is 42.5. The predicted octanol–water partition coefficient (Wildman–Crippen LogP) is 3.46. The van der Waals surface area contributed by atoms with E-state index in [1.54, 1.807) is 6.20 Å². The van der Waals surface area contributed by atoms with Gasteiger partial charge in [0.2, 0.25) is 11.7 Å². The van der Waals surface area contributed by atoms with Crippen LogP contribution in [0.3, 0.4) is 0 Å². The molecule has 4 rings (SSSR count). The van der Waals surface area contributed by atoms with Crippen molar-refractivity contribution < 1.29 is 38.0 Å². The lowest BCUT2D eigenvalue weighted by atomic mass is 10.0. The number of Topliss-reactive ketones (excluding diaryl/α,β-unsaturated/α-hetero) is 1. The number of nitrogens with one attached hydrogen (secondary N) is 1. The van der Waals surface area contributed by atoms with Gasteiger partial charge in [0.05, 0.1) is 18.1 Å². The minimum atomic E-state index is -5.19. The van der Waals surface area contributed by atoms with Crippen LogP contribution in [0.5, 0.6) is 0 Å². The first-order valence-electron chi connectivity index (χ1n) is 13.7. The number of amidine groups is 1. The molecule has 3 N–H and O–H groups in total. The smallest absolute Gasteiger partial charge is 0.430 e. The topological polar surface area (TPSA) is 128 Å². The number of pyridine rings is 1. The van der Waals surface area contributed by atoms with Crippen LogP contribution in [-0.2, 0) is 20.8 Å². The van der Waals surface area contributed by atoms with E-state index in [1.165, 1.54) is 0 Å². The highest BCUT2D eigenvalue weighted by Gasteiger charge is 2.29. The number of carbonyl (C=O) groups excluding carboxylic acids is 3. The maximum Gasteiger partial charge on any atom is 0.430 e. The number of hydrogen-bond acceptors (Lipinski definition) is 6. The van der Waals surface area contributed by atoms with E-state index in [-0.39, 0.29) is 18.4 Å². The molecule has 0 unspecified atom stereocenters. The number of carboxylic acids is 1. The van der Waals surface area contributed by atoms with Crippen molar-refractivity contribution >= 4 is 40.1 Å². The number of nitrogens with zero attached hydrogens (tertiary/aromatic N) is 2. The summed E-state index contributed by atoms with van der Waals surface area (Å²) >= 11 is 0. The number of aliphatic carboxylic acids is 1. The second kappa shape index (κ2) is 15.6. The van der Waals surface area contributed by atoms with E-state index in [1.807, 2.05) is 61.7 Å². The second-order valence-electron chi connectivity index (χ2n) is 9.76. The van der Waals surface area contributed by atoms with Crippen molar-refractivity contribution in [3.05, 3.63) is 84.2 Å². The maximum absolute atomic E-state index is 13.0. The number of quaternary nitrogens is 1. The fourth-order valence-electron chi connectivity index (χ4n) is 4.32. The molecule has 0 spiro atoms. The van der Waals surface area contributed by atoms with Crippen LogP contribution in [0.4, 0.5) is 13.2 Å². The summed E-state index contributed by atoms with van der Waals surface area (Å²) in [6.45, 7) is 1.91. The number of ketones is 1. The van der Waals surface area contributed by atoms with Crippen molar-refractivity contribution in [3.8, 4) is 0 Å². The average molecular weight is 583 g/mol. The fourth-order valence-corrected chi connectivity index (χ4v) is 4.32. The Morgan fingerprint density at radius 1 is 1.00 bits per heavy atom. The summed E-state index contributed by atoms with van der Waals surface area (Å²) in [5.74, 6) is -1.87. The van der Waals surface area contributed by atoms with Gasteiger partial charge in [0.1, 0.15) is 17.8 Å². The average Bonchev–Trinajstić information content (AvgIpc) is 3.47. The highest BCUT2D eigenvalue weighted by Crippen LogP contribution is 2.15. The molecule has 2 aromatic carbocycles. The summed E-state index contributed by atoms with van der Waals surface area (Å²) in [6, 6.07) is 19.9. The van der Waals surface area contributed by atoms with Gasteiger partial charge in [-0.1, -0.05) is 56.2 Å². The molecule has 0 aliphatic carbocycles. The molecule has 0 fully saturated rings. The van der Waals surface area contributed by atoms with E-state index < -0.39 is 12.1 Å². The number of halogens is 3. The van der Waals surface area contributed by atoms with Gasteiger partial charge in [-0.05, 0) is 42.7 Å². The van der Waals surface area contributed by atoms with Crippen LogP contribution in [-0.4, -0.2) is 40.7 Å². The number of benzene rings is 2. The molecular formula is C31H33F3N4O4. The van der Waals surface area contributed by atoms with Crippen molar-refractivity contribution in [2.24, 2.45) is 4.99 Å². The Labute approximate surface area is 241 Å². The summed E-state index contributed by atoms with van der Waals surface area (Å²) in [5.41, 5.74) is 3.97. The van der Waals surface area contributed by atoms with Crippen LogP contribution >= 0.6 is 0 Å². The van der Waals surface area contributed by atoms with Gasteiger partial charge in [-0.15, -0.1) is 0 Å². The first-order valence-corrected chi connectivity index (χ1v) is 13.7. The van der Waals surface area contributed by atoms with Gasteiger partial charge in [0.25, 0.3) is 0 Å². The normalized spacial score (nSPS) is 13.4. The predicted molar refractivity (Wildman–Crippen MR) is 151 cm³/mol. The van der Waals surface area contributed by atoms with E-state index >= 15 is 0 Å². The third kappa shape index (κ3) is 10.2. The van der Waals surface area contributed by atoms with E-state index in [4.69, 9.17) is 9.90 Å². The van der Waals surface area contributed by atoms with Crippen molar-refractivity contribution in [3.63, 3.8) is 0 Å². The number of fused-ring (bicyclic) bond motifs is 1. The summed E-state index contributed by atoms with van der Waals surface area (Å²) in [7, 11) is 0. The third-order valence-electron chi connectivity index (χ3n) is 6.54.